The predicted molar refractivity (Wildman–Crippen MR) is 154 cm³/mol. The zero-order valence-electron chi connectivity index (χ0n) is 23.0. The highest BCUT2D eigenvalue weighted by atomic mass is 32.2. The highest BCUT2D eigenvalue weighted by molar-refractivity contribution is 7.91. The fourth-order valence-electron chi connectivity index (χ4n) is 4.90. The topological polar surface area (TPSA) is 156 Å². The van der Waals surface area contributed by atoms with Crippen LogP contribution in [0.1, 0.15) is 66.5 Å². The number of sulfone groups is 1. The second-order valence-corrected chi connectivity index (χ2v) is 11.6. The van der Waals surface area contributed by atoms with Gasteiger partial charge in [0.2, 0.25) is 21.6 Å². The third-order valence-corrected chi connectivity index (χ3v) is 8.76. The number of nitrogens with two attached hydrogens (primary N) is 1. The number of aromatic hydroxyl groups is 1. The third-order valence-electron chi connectivity index (χ3n) is 6.97. The number of rotatable bonds is 10. The van der Waals surface area contributed by atoms with Gasteiger partial charge in [-0.25, -0.2) is 12.8 Å². The molecule has 0 spiro atoms. The number of halogens is 1. The van der Waals surface area contributed by atoms with Crippen LogP contribution in [0, 0.1) is 17.1 Å². The maximum atomic E-state index is 14.0. The summed E-state index contributed by atoms with van der Waals surface area (Å²) in [5.41, 5.74) is 6.08. The molecular weight excluding hydrogens is 559 g/mol. The second kappa shape index (κ2) is 12.4. The molecule has 0 aliphatic heterocycles. The van der Waals surface area contributed by atoms with Crippen molar-refractivity contribution in [2.24, 2.45) is 5.73 Å². The molecule has 4 aromatic rings. The smallest absolute Gasteiger partial charge is 0.277 e. The van der Waals surface area contributed by atoms with Crippen molar-refractivity contribution in [3.8, 4) is 23.1 Å². The van der Waals surface area contributed by atoms with Crippen LogP contribution in [0.3, 0.4) is 0 Å². The van der Waals surface area contributed by atoms with Crippen LogP contribution in [0.2, 0.25) is 0 Å². The number of amides is 1. The van der Waals surface area contributed by atoms with Gasteiger partial charge in [-0.2, -0.15) is 10.2 Å². The molecule has 0 fully saturated rings. The Hall–Kier alpha value is -4.82. The SMILES string of the molecule is CCCCc1nc(O)c(S(=O)(=O)c2ccc(-c3ccc(F)cc3C(N)=O)cc2)c(=O)n1C(CC)c1cccc(C#N)c1. The highest BCUT2D eigenvalue weighted by Crippen LogP contribution is 2.31. The average molecular weight is 589 g/mol. The molecule has 216 valence electrons. The van der Waals surface area contributed by atoms with Gasteiger partial charge < -0.3 is 10.8 Å². The van der Waals surface area contributed by atoms with E-state index in [2.05, 4.69) is 11.1 Å². The Morgan fingerprint density at radius 3 is 2.45 bits per heavy atom. The zero-order valence-corrected chi connectivity index (χ0v) is 23.9. The summed E-state index contributed by atoms with van der Waals surface area (Å²) in [4.78, 5) is 28.9. The molecule has 0 saturated carbocycles. The van der Waals surface area contributed by atoms with Crippen molar-refractivity contribution in [1.82, 2.24) is 9.55 Å². The molecule has 3 aromatic carbocycles. The van der Waals surface area contributed by atoms with Crippen molar-refractivity contribution >= 4 is 15.7 Å². The summed E-state index contributed by atoms with van der Waals surface area (Å²) in [6.07, 6.45) is 2.12. The Kier molecular flexibility index (Phi) is 8.87. The number of aryl methyl sites for hydroxylation is 1. The Morgan fingerprint density at radius 1 is 1.12 bits per heavy atom. The van der Waals surface area contributed by atoms with Crippen molar-refractivity contribution in [3.05, 3.63) is 105 Å². The minimum absolute atomic E-state index is 0.0796. The Balaban J connectivity index is 1.87. The number of nitriles is 1. The quantitative estimate of drug-likeness (QED) is 0.267. The van der Waals surface area contributed by atoms with Crippen molar-refractivity contribution in [3.63, 3.8) is 0 Å². The predicted octanol–water partition coefficient (Wildman–Crippen LogP) is 4.90. The number of carbonyl (C=O) groups is 1. The molecule has 3 N–H and O–H groups in total. The first-order chi connectivity index (χ1) is 20.0. The van der Waals surface area contributed by atoms with Crippen molar-refractivity contribution < 1.29 is 22.7 Å². The van der Waals surface area contributed by atoms with Gasteiger partial charge in [-0.15, -0.1) is 0 Å². The fourth-order valence-corrected chi connectivity index (χ4v) is 6.25. The number of primary amides is 1. The van der Waals surface area contributed by atoms with E-state index in [1.165, 1.54) is 34.9 Å². The van der Waals surface area contributed by atoms with Crippen LogP contribution in [0.25, 0.3) is 11.1 Å². The summed E-state index contributed by atoms with van der Waals surface area (Å²) in [5, 5.41) is 20.2. The number of carbonyl (C=O) groups excluding carboxylic acids is 1. The number of aromatic nitrogens is 2. The van der Waals surface area contributed by atoms with Gasteiger partial charge in [-0.1, -0.05) is 50.6 Å². The fraction of sp³-hybridized carbons (Fsp3) is 0.226. The summed E-state index contributed by atoms with van der Waals surface area (Å²) in [6.45, 7) is 3.78. The lowest BCUT2D eigenvalue weighted by Gasteiger charge is -2.23. The number of hydrogen-bond acceptors (Lipinski definition) is 7. The van der Waals surface area contributed by atoms with Gasteiger partial charge in [-0.05, 0) is 65.9 Å². The Labute approximate surface area is 242 Å². The summed E-state index contributed by atoms with van der Waals surface area (Å²) in [7, 11) is -4.58. The molecule has 4 rings (SSSR count). The van der Waals surface area contributed by atoms with Crippen molar-refractivity contribution in [2.45, 2.75) is 55.4 Å². The third kappa shape index (κ3) is 5.80. The lowest BCUT2D eigenvalue weighted by atomic mass is 9.99. The Morgan fingerprint density at radius 2 is 1.83 bits per heavy atom. The minimum Gasteiger partial charge on any atom is -0.492 e. The molecule has 9 nitrogen and oxygen atoms in total. The van der Waals surface area contributed by atoms with Crippen LogP contribution in [0.15, 0.2) is 81.3 Å². The van der Waals surface area contributed by atoms with E-state index in [0.717, 1.165) is 18.6 Å². The first-order valence-corrected chi connectivity index (χ1v) is 14.8. The summed E-state index contributed by atoms with van der Waals surface area (Å²) >= 11 is 0. The largest absolute Gasteiger partial charge is 0.492 e. The molecule has 0 aliphatic rings. The van der Waals surface area contributed by atoms with Crippen molar-refractivity contribution in [2.75, 3.05) is 0 Å². The molecule has 1 unspecified atom stereocenters. The summed E-state index contributed by atoms with van der Waals surface area (Å²) < 4.78 is 42.6. The zero-order chi connectivity index (χ0) is 30.6. The molecule has 1 amide bonds. The summed E-state index contributed by atoms with van der Waals surface area (Å²) in [5.74, 6) is -2.18. The second-order valence-electron chi connectivity index (χ2n) is 9.70. The van der Waals surface area contributed by atoms with Crippen LogP contribution in [0.5, 0.6) is 5.88 Å². The lowest BCUT2D eigenvalue weighted by Crippen LogP contribution is -2.33. The van der Waals surface area contributed by atoms with Gasteiger partial charge in [0.05, 0.1) is 22.6 Å². The van der Waals surface area contributed by atoms with E-state index in [0.29, 0.717) is 41.5 Å². The van der Waals surface area contributed by atoms with E-state index in [1.54, 1.807) is 24.3 Å². The molecule has 0 radical (unpaired) electrons. The normalized spacial score (nSPS) is 12.0. The molecule has 0 saturated heterocycles. The van der Waals surface area contributed by atoms with E-state index < -0.39 is 43.9 Å². The molecule has 0 bridgehead atoms. The number of benzene rings is 3. The minimum atomic E-state index is -4.58. The van der Waals surface area contributed by atoms with Gasteiger partial charge in [-0.3, -0.25) is 14.2 Å². The lowest BCUT2D eigenvalue weighted by molar-refractivity contribution is 0.100. The van der Waals surface area contributed by atoms with Crippen LogP contribution >= 0.6 is 0 Å². The van der Waals surface area contributed by atoms with Gasteiger partial charge in [0.15, 0.2) is 4.90 Å². The maximum absolute atomic E-state index is 14.0. The van der Waals surface area contributed by atoms with E-state index in [1.807, 2.05) is 13.8 Å². The van der Waals surface area contributed by atoms with Gasteiger partial charge in [0, 0.05) is 12.0 Å². The highest BCUT2D eigenvalue weighted by Gasteiger charge is 2.31. The molecule has 0 aliphatic carbocycles. The maximum Gasteiger partial charge on any atom is 0.277 e. The van der Waals surface area contributed by atoms with E-state index >= 15 is 0 Å². The molecule has 11 heteroatoms. The first kappa shape index (κ1) is 30.1. The molecule has 1 atom stereocenters. The van der Waals surface area contributed by atoms with Crippen LogP contribution in [-0.4, -0.2) is 29.0 Å². The molecule has 42 heavy (non-hydrogen) atoms. The Bertz CT molecular complexity index is 1860. The van der Waals surface area contributed by atoms with E-state index in [9.17, 15) is 32.8 Å². The van der Waals surface area contributed by atoms with Gasteiger partial charge >= 0.3 is 0 Å². The van der Waals surface area contributed by atoms with Crippen LogP contribution in [-0.2, 0) is 16.3 Å². The number of unbranched alkanes of at least 4 members (excludes halogenated alkanes) is 1. The van der Waals surface area contributed by atoms with Crippen LogP contribution < -0.4 is 11.3 Å². The molecular formula is C31H29FN4O5S. The molecule has 1 heterocycles. The average Bonchev–Trinajstić information content (AvgIpc) is 2.97. The first-order valence-electron chi connectivity index (χ1n) is 13.3. The van der Waals surface area contributed by atoms with Crippen LogP contribution in [0.4, 0.5) is 4.39 Å². The number of hydrogen-bond donors (Lipinski definition) is 2. The van der Waals surface area contributed by atoms with Crippen molar-refractivity contribution in [1.29, 1.82) is 5.26 Å². The van der Waals surface area contributed by atoms with E-state index in [4.69, 9.17) is 5.73 Å². The monoisotopic (exact) mass is 588 g/mol. The summed E-state index contributed by atoms with van der Waals surface area (Å²) in [6, 6.07) is 16.9. The standard InChI is InChI=1S/C31H29FN4O5S/c1-3-5-9-27-35-30(38)28(31(39)36(27)26(4-2)21-8-6-7-19(16-21)18-33)42(40,41)23-13-10-20(11-14-23)24-15-12-22(32)17-25(24)29(34)37/h6-8,10-17,26,38H,3-5,9H2,1-2H3,(H2,34,37). The van der Waals surface area contributed by atoms with Gasteiger partial charge in [0.25, 0.3) is 5.56 Å². The van der Waals surface area contributed by atoms with Gasteiger partial charge in [0.1, 0.15) is 11.6 Å². The van der Waals surface area contributed by atoms with E-state index in [-0.39, 0.29) is 16.3 Å². The molecule has 1 aromatic heterocycles. The number of nitrogens with zero attached hydrogens (tertiary/aromatic N) is 3.